The Labute approximate surface area is 203 Å². The number of carbonyl (C=O) groups excluding carboxylic acids is 1. The van der Waals surface area contributed by atoms with Gasteiger partial charge in [0.15, 0.2) is 11.6 Å². The predicted octanol–water partition coefficient (Wildman–Crippen LogP) is 4.83. The van der Waals surface area contributed by atoms with Gasteiger partial charge in [-0.3, -0.25) is 4.79 Å². The second-order valence-corrected chi connectivity index (χ2v) is 9.72. The van der Waals surface area contributed by atoms with Crippen LogP contribution < -0.4 is 16.0 Å². The third-order valence-electron chi connectivity index (χ3n) is 7.18. The topological polar surface area (TPSA) is 84.1 Å². The van der Waals surface area contributed by atoms with Gasteiger partial charge in [0.2, 0.25) is 0 Å². The number of halogens is 2. The molecule has 5 rings (SSSR count). The Kier molecular flexibility index (Phi) is 6.13. The smallest absolute Gasteiger partial charge is 0.251 e. The van der Waals surface area contributed by atoms with Gasteiger partial charge in [-0.25, -0.2) is 18.7 Å². The van der Waals surface area contributed by atoms with E-state index in [1.165, 1.54) is 6.20 Å². The molecule has 3 N–H and O–H groups in total. The molecule has 1 atom stereocenters. The van der Waals surface area contributed by atoms with E-state index < -0.39 is 11.6 Å². The van der Waals surface area contributed by atoms with Crippen molar-refractivity contribution in [2.75, 3.05) is 30.3 Å². The summed E-state index contributed by atoms with van der Waals surface area (Å²) in [5, 5.41) is 2.81. The molecule has 0 saturated carbocycles. The van der Waals surface area contributed by atoms with Gasteiger partial charge in [-0.05, 0) is 60.9 Å². The number of anilines is 2. The van der Waals surface area contributed by atoms with Crippen molar-refractivity contribution in [1.82, 2.24) is 15.3 Å². The summed E-state index contributed by atoms with van der Waals surface area (Å²) < 4.78 is 30.6. The summed E-state index contributed by atoms with van der Waals surface area (Å²) in [7, 11) is 0. The lowest BCUT2D eigenvalue weighted by Gasteiger charge is -2.36. The molecular formula is C27H29F2N5O. The highest BCUT2D eigenvalue weighted by Gasteiger charge is 2.27. The minimum atomic E-state index is -0.943. The Balaban J connectivity index is 1.49. The summed E-state index contributed by atoms with van der Waals surface area (Å²) in [6, 6.07) is 8.53. The van der Waals surface area contributed by atoms with E-state index in [0.29, 0.717) is 48.2 Å². The van der Waals surface area contributed by atoms with E-state index in [0.717, 1.165) is 24.9 Å². The maximum atomic E-state index is 15.3. The Bertz CT molecular complexity index is 1290. The van der Waals surface area contributed by atoms with Gasteiger partial charge in [-0.2, -0.15) is 0 Å². The number of amides is 1. The third-order valence-corrected chi connectivity index (χ3v) is 7.18. The molecule has 2 aromatic carbocycles. The van der Waals surface area contributed by atoms with E-state index in [2.05, 4.69) is 29.1 Å². The molecule has 35 heavy (non-hydrogen) atoms. The molecule has 0 aliphatic carbocycles. The van der Waals surface area contributed by atoms with Crippen molar-refractivity contribution in [1.29, 1.82) is 0 Å². The predicted molar refractivity (Wildman–Crippen MR) is 133 cm³/mol. The van der Waals surface area contributed by atoms with E-state index in [9.17, 15) is 4.79 Å². The first-order valence-corrected chi connectivity index (χ1v) is 12.1. The number of benzene rings is 2. The molecular weight excluding hydrogens is 448 g/mol. The van der Waals surface area contributed by atoms with E-state index in [1.54, 1.807) is 24.3 Å². The Morgan fingerprint density at radius 2 is 1.94 bits per heavy atom. The number of aromatic nitrogens is 2. The van der Waals surface area contributed by atoms with Crippen LogP contribution in [0.5, 0.6) is 0 Å². The first-order chi connectivity index (χ1) is 16.8. The van der Waals surface area contributed by atoms with Crippen molar-refractivity contribution in [3.8, 4) is 22.5 Å². The van der Waals surface area contributed by atoms with Crippen LogP contribution >= 0.6 is 0 Å². The molecule has 1 fully saturated rings. The average molecular weight is 478 g/mol. The number of nitrogen functional groups attached to an aromatic ring is 1. The summed E-state index contributed by atoms with van der Waals surface area (Å²) in [5.41, 5.74) is 9.18. The maximum Gasteiger partial charge on any atom is 0.251 e. The highest BCUT2D eigenvalue weighted by atomic mass is 19.2. The van der Waals surface area contributed by atoms with Crippen LogP contribution in [-0.2, 0) is 6.42 Å². The molecule has 2 aliphatic rings. The quantitative estimate of drug-likeness (QED) is 0.562. The van der Waals surface area contributed by atoms with Gasteiger partial charge in [-0.15, -0.1) is 0 Å². The van der Waals surface area contributed by atoms with Gasteiger partial charge in [-0.1, -0.05) is 19.9 Å². The van der Waals surface area contributed by atoms with Crippen LogP contribution in [-0.4, -0.2) is 35.5 Å². The largest absolute Gasteiger partial charge is 0.382 e. The number of nitrogens with zero attached hydrogens (tertiary/aromatic N) is 3. The second-order valence-electron chi connectivity index (χ2n) is 9.72. The van der Waals surface area contributed by atoms with Gasteiger partial charge in [0.05, 0.1) is 17.6 Å². The molecule has 6 nitrogen and oxygen atoms in total. The van der Waals surface area contributed by atoms with Gasteiger partial charge < -0.3 is 16.0 Å². The van der Waals surface area contributed by atoms with Crippen LogP contribution in [0.15, 0.2) is 36.5 Å². The Hall–Kier alpha value is -3.55. The first-order valence-electron chi connectivity index (χ1n) is 12.1. The fourth-order valence-electron chi connectivity index (χ4n) is 5.07. The number of hydrogen-bond acceptors (Lipinski definition) is 5. The monoisotopic (exact) mass is 477 g/mol. The Morgan fingerprint density at radius 1 is 1.14 bits per heavy atom. The summed E-state index contributed by atoms with van der Waals surface area (Å²) in [6.45, 7) is 6.32. The molecule has 1 aromatic heterocycles. The first kappa shape index (κ1) is 23.2. The number of nitrogens with one attached hydrogen (secondary N) is 1. The lowest BCUT2D eigenvalue weighted by molar-refractivity contribution is 0.0946. The molecule has 0 spiro atoms. The van der Waals surface area contributed by atoms with Crippen molar-refractivity contribution in [2.45, 2.75) is 33.1 Å². The number of carbonyl (C=O) groups is 1. The molecule has 0 unspecified atom stereocenters. The summed E-state index contributed by atoms with van der Waals surface area (Å²) in [5.74, 6) is -0.796. The van der Waals surface area contributed by atoms with Crippen molar-refractivity contribution >= 4 is 17.4 Å². The van der Waals surface area contributed by atoms with E-state index in [-0.39, 0.29) is 28.7 Å². The van der Waals surface area contributed by atoms with Crippen LogP contribution in [0.3, 0.4) is 0 Å². The number of piperidine rings is 1. The van der Waals surface area contributed by atoms with E-state index >= 15 is 8.78 Å². The maximum absolute atomic E-state index is 15.3. The highest BCUT2D eigenvalue weighted by molar-refractivity contribution is 5.97. The second kappa shape index (κ2) is 9.24. The molecule has 0 radical (unpaired) electrons. The fourth-order valence-corrected chi connectivity index (χ4v) is 5.07. The zero-order chi connectivity index (χ0) is 24.7. The molecule has 2 aliphatic heterocycles. The standard InChI is InChI=1S/C27H29F2N5O/c1-15(2)18-4-3-11-34(14-18)22-8-7-20(23(28)24(22)29)21-13-32-26(30)25(33-21)17-5-6-19-16(12-17)9-10-31-27(19)35/h5-8,12-13,15,18H,3-4,9-11,14H2,1-2H3,(H2,30,32)(H,31,35)/t18-/m0/s1. The van der Waals surface area contributed by atoms with Gasteiger partial charge in [0.25, 0.3) is 5.91 Å². The van der Waals surface area contributed by atoms with Crippen molar-refractivity contribution in [3.63, 3.8) is 0 Å². The zero-order valence-electron chi connectivity index (χ0n) is 19.9. The average Bonchev–Trinajstić information content (AvgIpc) is 2.86. The summed E-state index contributed by atoms with van der Waals surface area (Å²) in [4.78, 5) is 22.8. The van der Waals surface area contributed by atoms with Crippen molar-refractivity contribution in [2.24, 2.45) is 11.8 Å². The SMILES string of the molecule is CC(C)[C@H]1CCCN(c2ccc(-c3cnc(N)c(-c4ccc5c(c4)CCNC5=O)n3)c(F)c2F)C1. The van der Waals surface area contributed by atoms with Crippen LogP contribution in [0.1, 0.15) is 42.6 Å². The van der Waals surface area contributed by atoms with Gasteiger partial charge in [0.1, 0.15) is 11.5 Å². The summed E-state index contributed by atoms with van der Waals surface area (Å²) >= 11 is 0. The highest BCUT2D eigenvalue weighted by Crippen LogP contribution is 2.35. The molecule has 3 heterocycles. The zero-order valence-corrected chi connectivity index (χ0v) is 19.9. The third kappa shape index (κ3) is 4.33. The molecule has 1 saturated heterocycles. The fraction of sp³-hybridized carbons (Fsp3) is 0.370. The van der Waals surface area contributed by atoms with Crippen molar-refractivity contribution in [3.05, 3.63) is 59.3 Å². The van der Waals surface area contributed by atoms with Gasteiger partial charge in [0, 0.05) is 36.3 Å². The number of nitrogens with two attached hydrogens (primary N) is 1. The minimum Gasteiger partial charge on any atom is -0.382 e. The van der Waals surface area contributed by atoms with Crippen LogP contribution in [0, 0.1) is 23.5 Å². The molecule has 0 bridgehead atoms. The number of rotatable bonds is 4. The molecule has 182 valence electrons. The van der Waals surface area contributed by atoms with Gasteiger partial charge >= 0.3 is 0 Å². The lowest BCUT2D eigenvalue weighted by Crippen LogP contribution is -2.38. The Morgan fingerprint density at radius 3 is 2.74 bits per heavy atom. The van der Waals surface area contributed by atoms with Crippen molar-refractivity contribution < 1.29 is 13.6 Å². The van der Waals surface area contributed by atoms with E-state index in [1.807, 2.05) is 11.0 Å². The van der Waals surface area contributed by atoms with Crippen LogP contribution in [0.25, 0.3) is 22.5 Å². The normalized spacial score (nSPS) is 17.9. The van der Waals surface area contributed by atoms with Crippen LogP contribution in [0.2, 0.25) is 0 Å². The molecule has 8 heteroatoms. The number of fused-ring (bicyclic) bond motifs is 1. The molecule has 1 amide bonds. The minimum absolute atomic E-state index is 0.0368. The van der Waals surface area contributed by atoms with Crippen LogP contribution in [0.4, 0.5) is 20.3 Å². The summed E-state index contributed by atoms with van der Waals surface area (Å²) in [6.07, 6.45) is 4.11. The molecule has 3 aromatic rings. The number of hydrogen-bond donors (Lipinski definition) is 2. The van der Waals surface area contributed by atoms with E-state index in [4.69, 9.17) is 5.73 Å². The lowest BCUT2D eigenvalue weighted by atomic mass is 9.87.